The van der Waals surface area contributed by atoms with Crippen LogP contribution < -0.4 is 5.32 Å². The summed E-state index contributed by atoms with van der Waals surface area (Å²) in [7, 11) is 0. The van der Waals surface area contributed by atoms with Crippen molar-refractivity contribution in [3.05, 3.63) is 52.5 Å². The zero-order valence-corrected chi connectivity index (χ0v) is 18.8. The van der Waals surface area contributed by atoms with Gasteiger partial charge in [0.2, 0.25) is 0 Å². The van der Waals surface area contributed by atoms with Crippen LogP contribution in [0, 0.1) is 12.8 Å². The fourth-order valence-corrected chi connectivity index (χ4v) is 5.14. The minimum Gasteiger partial charge on any atom is -0.361 e. The molecular weight excluding hydrogens is 418 g/mol. The number of carbonyl (C=O) groups is 1. The van der Waals surface area contributed by atoms with Gasteiger partial charge in [-0.15, -0.1) is 11.3 Å². The summed E-state index contributed by atoms with van der Waals surface area (Å²) in [5, 5.41) is 10.2. The summed E-state index contributed by atoms with van der Waals surface area (Å²) in [6, 6.07) is 5.43. The number of aryl methyl sites for hydroxylation is 1. The summed E-state index contributed by atoms with van der Waals surface area (Å²) in [4.78, 5) is 24.3. The normalized spacial score (nSPS) is 17.2. The third kappa shape index (κ3) is 5.47. The molecule has 1 aliphatic rings. The van der Waals surface area contributed by atoms with E-state index < -0.39 is 0 Å². The molecule has 4 rings (SSSR count). The minimum atomic E-state index is -0.200. The van der Waals surface area contributed by atoms with E-state index in [-0.39, 0.29) is 5.91 Å². The number of pyridine rings is 1. The average Bonchev–Trinajstić information content (AvgIpc) is 3.35. The van der Waals surface area contributed by atoms with Gasteiger partial charge in [0, 0.05) is 36.5 Å². The molecule has 158 valence electrons. The molecule has 1 amide bonds. The van der Waals surface area contributed by atoms with E-state index in [0.29, 0.717) is 21.5 Å². The lowest BCUT2D eigenvalue weighted by Gasteiger charge is -2.30. The lowest BCUT2D eigenvalue weighted by molar-refractivity contribution is 0.102. The molecule has 7 nitrogen and oxygen atoms in total. The number of hydrogen-bond acceptors (Lipinski definition) is 8. The van der Waals surface area contributed by atoms with E-state index in [1.54, 1.807) is 18.3 Å². The smallest absolute Gasteiger partial charge is 0.260 e. The molecule has 4 heterocycles. The second-order valence-electron chi connectivity index (χ2n) is 7.65. The Morgan fingerprint density at radius 1 is 1.43 bits per heavy atom. The Balaban J connectivity index is 1.37. The van der Waals surface area contributed by atoms with Crippen molar-refractivity contribution in [2.45, 2.75) is 44.0 Å². The van der Waals surface area contributed by atoms with Gasteiger partial charge < -0.3 is 4.52 Å². The number of thiazole rings is 1. The third-order valence-corrected chi connectivity index (χ3v) is 6.79. The van der Waals surface area contributed by atoms with Gasteiger partial charge in [-0.1, -0.05) is 23.8 Å². The molecule has 1 atom stereocenters. The number of thioether (sulfide) groups is 1. The van der Waals surface area contributed by atoms with E-state index in [1.807, 2.05) is 18.4 Å². The van der Waals surface area contributed by atoms with Gasteiger partial charge in [-0.25, -0.2) is 9.97 Å². The number of piperidine rings is 1. The van der Waals surface area contributed by atoms with Crippen LogP contribution in [0.15, 0.2) is 39.3 Å². The Hall–Kier alpha value is -2.23. The zero-order chi connectivity index (χ0) is 20.9. The molecule has 1 N–H and O–H groups in total. The number of hydrogen-bond donors (Lipinski definition) is 1. The maximum atomic E-state index is 12.9. The molecule has 3 aromatic heterocycles. The molecule has 0 aromatic carbocycles. The summed E-state index contributed by atoms with van der Waals surface area (Å²) >= 11 is 2.92. The van der Waals surface area contributed by atoms with Crippen molar-refractivity contribution in [3.63, 3.8) is 0 Å². The Labute approximate surface area is 184 Å². The number of carbonyl (C=O) groups excluding carboxylic acids is 1. The van der Waals surface area contributed by atoms with Crippen LogP contribution in [0.2, 0.25) is 0 Å². The fraction of sp³-hybridized carbons (Fsp3) is 0.429. The monoisotopic (exact) mass is 443 g/mol. The number of nitrogens with one attached hydrogen (secondary N) is 1. The SMILES string of the molecule is Cc1cc(CSc2ncccc2C(=O)Nc2nc(CN3CCCC(C)C3)cs2)no1. The van der Waals surface area contributed by atoms with Crippen molar-refractivity contribution < 1.29 is 9.32 Å². The molecular formula is C21H25N5O2S2. The Morgan fingerprint density at radius 2 is 2.33 bits per heavy atom. The molecule has 9 heteroatoms. The third-order valence-electron chi connectivity index (χ3n) is 4.95. The van der Waals surface area contributed by atoms with Crippen LogP contribution in [0.1, 0.15) is 47.3 Å². The number of aromatic nitrogens is 3. The molecule has 3 aromatic rings. The maximum absolute atomic E-state index is 12.9. The largest absolute Gasteiger partial charge is 0.361 e. The van der Waals surface area contributed by atoms with Crippen molar-refractivity contribution in [2.75, 3.05) is 18.4 Å². The van der Waals surface area contributed by atoms with E-state index in [9.17, 15) is 4.79 Å². The number of amides is 1. The number of anilines is 1. The minimum absolute atomic E-state index is 0.200. The van der Waals surface area contributed by atoms with Crippen molar-refractivity contribution >= 4 is 34.1 Å². The highest BCUT2D eigenvalue weighted by molar-refractivity contribution is 7.98. The molecule has 0 spiro atoms. The zero-order valence-electron chi connectivity index (χ0n) is 17.1. The highest BCUT2D eigenvalue weighted by Crippen LogP contribution is 2.26. The summed E-state index contributed by atoms with van der Waals surface area (Å²) in [6.07, 6.45) is 4.23. The summed E-state index contributed by atoms with van der Waals surface area (Å²) in [6.45, 7) is 7.22. The molecule has 1 unspecified atom stereocenters. The van der Waals surface area contributed by atoms with Gasteiger partial charge in [-0.2, -0.15) is 0 Å². The first-order valence-electron chi connectivity index (χ1n) is 10.0. The van der Waals surface area contributed by atoms with E-state index in [1.165, 1.54) is 35.9 Å². The lowest BCUT2D eigenvalue weighted by atomic mass is 10.0. The molecule has 1 aliphatic heterocycles. The second-order valence-corrected chi connectivity index (χ2v) is 9.48. The first-order chi connectivity index (χ1) is 14.6. The van der Waals surface area contributed by atoms with Crippen molar-refractivity contribution in [3.8, 4) is 0 Å². The second kappa shape index (κ2) is 9.72. The predicted octanol–water partition coefficient (Wildman–Crippen LogP) is 4.61. The fourth-order valence-electron chi connectivity index (χ4n) is 3.57. The van der Waals surface area contributed by atoms with Crippen molar-refractivity contribution in [2.24, 2.45) is 5.92 Å². The highest BCUT2D eigenvalue weighted by Gasteiger charge is 2.19. The van der Waals surface area contributed by atoms with Crippen LogP contribution >= 0.6 is 23.1 Å². The van der Waals surface area contributed by atoms with E-state index in [2.05, 4.69) is 32.3 Å². The molecule has 1 fully saturated rings. The quantitative estimate of drug-likeness (QED) is 0.534. The topological polar surface area (TPSA) is 84.2 Å². The first kappa shape index (κ1) is 21.0. The number of likely N-dealkylation sites (tertiary alicyclic amines) is 1. The van der Waals surface area contributed by atoms with Gasteiger partial charge in [0.15, 0.2) is 5.13 Å². The molecule has 0 aliphatic carbocycles. The van der Waals surface area contributed by atoms with E-state index >= 15 is 0 Å². The first-order valence-corrected chi connectivity index (χ1v) is 11.9. The van der Waals surface area contributed by atoms with Crippen LogP contribution in [0.3, 0.4) is 0 Å². The molecule has 0 bridgehead atoms. The Morgan fingerprint density at radius 3 is 3.13 bits per heavy atom. The van der Waals surface area contributed by atoms with Crippen LogP contribution in [-0.2, 0) is 12.3 Å². The summed E-state index contributed by atoms with van der Waals surface area (Å²) < 4.78 is 5.10. The Bertz CT molecular complexity index is 1000. The van der Waals surface area contributed by atoms with Gasteiger partial charge >= 0.3 is 0 Å². The van der Waals surface area contributed by atoms with Crippen LogP contribution in [-0.4, -0.2) is 39.0 Å². The van der Waals surface area contributed by atoms with Crippen LogP contribution in [0.25, 0.3) is 0 Å². The number of nitrogens with zero attached hydrogens (tertiary/aromatic N) is 4. The standard InChI is InChI=1S/C21H25N5O2S2/c1-14-5-4-8-26(10-14)11-17-13-30-21(23-17)24-19(27)18-6-3-7-22-20(18)29-12-16-9-15(2)28-25-16/h3,6-7,9,13-14H,4-5,8,10-12H2,1-2H3,(H,23,24,27). The van der Waals surface area contributed by atoms with Gasteiger partial charge in [0.1, 0.15) is 10.8 Å². The van der Waals surface area contributed by atoms with Crippen molar-refractivity contribution in [1.82, 2.24) is 20.0 Å². The number of rotatable bonds is 7. The van der Waals surface area contributed by atoms with Gasteiger partial charge in [0.25, 0.3) is 5.91 Å². The predicted molar refractivity (Wildman–Crippen MR) is 119 cm³/mol. The molecule has 0 radical (unpaired) electrons. The lowest BCUT2D eigenvalue weighted by Crippen LogP contribution is -2.33. The van der Waals surface area contributed by atoms with Gasteiger partial charge in [-0.05, 0) is 44.4 Å². The Kier molecular flexibility index (Phi) is 6.81. The van der Waals surface area contributed by atoms with Crippen LogP contribution in [0.4, 0.5) is 5.13 Å². The molecule has 1 saturated heterocycles. The van der Waals surface area contributed by atoms with E-state index in [4.69, 9.17) is 4.52 Å². The average molecular weight is 444 g/mol. The summed E-state index contributed by atoms with van der Waals surface area (Å²) in [5.41, 5.74) is 2.36. The van der Waals surface area contributed by atoms with Gasteiger partial charge in [0.05, 0.1) is 17.0 Å². The summed E-state index contributed by atoms with van der Waals surface area (Å²) in [5.74, 6) is 1.89. The van der Waals surface area contributed by atoms with Gasteiger partial charge in [-0.3, -0.25) is 15.0 Å². The van der Waals surface area contributed by atoms with E-state index in [0.717, 1.165) is 42.7 Å². The van der Waals surface area contributed by atoms with Crippen LogP contribution in [0.5, 0.6) is 0 Å². The highest BCUT2D eigenvalue weighted by atomic mass is 32.2. The maximum Gasteiger partial charge on any atom is 0.260 e. The molecule has 30 heavy (non-hydrogen) atoms. The van der Waals surface area contributed by atoms with Crippen molar-refractivity contribution in [1.29, 1.82) is 0 Å². The molecule has 0 saturated carbocycles.